The summed E-state index contributed by atoms with van der Waals surface area (Å²) < 4.78 is 0. The molecule has 2 atom stereocenters. The van der Waals surface area contributed by atoms with E-state index in [1.54, 1.807) is 11.3 Å². The molecule has 19 heavy (non-hydrogen) atoms. The normalized spacial score (nSPS) is 27.3. The molecule has 1 saturated carbocycles. The number of nitrogens with zero attached hydrogens (tertiary/aromatic N) is 1. The van der Waals surface area contributed by atoms with E-state index < -0.39 is 0 Å². The van der Waals surface area contributed by atoms with Gasteiger partial charge in [0.15, 0.2) is 5.78 Å². The van der Waals surface area contributed by atoms with Gasteiger partial charge in [-0.15, -0.1) is 11.3 Å². The van der Waals surface area contributed by atoms with Crippen LogP contribution in [-0.2, 0) is 11.2 Å². The predicted octanol–water partition coefficient (Wildman–Crippen LogP) is 2.98. The van der Waals surface area contributed by atoms with Gasteiger partial charge < -0.3 is 5.32 Å². The first-order chi connectivity index (χ1) is 8.94. The topological polar surface area (TPSA) is 42.0 Å². The first-order valence-corrected chi connectivity index (χ1v) is 7.88. The van der Waals surface area contributed by atoms with Crippen molar-refractivity contribution >= 4 is 17.1 Å². The molecule has 0 aliphatic heterocycles. The Kier molecular flexibility index (Phi) is 4.41. The molecule has 0 saturated heterocycles. The third-order valence-electron chi connectivity index (χ3n) is 4.37. The summed E-state index contributed by atoms with van der Waals surface area (Å²) in [6.45, 7) is 6.49. The SMILES string of the molecule is CNC1CCCC(C)(C)C(Cc2cnc(C)s2)C1=O. The van der Waals surface area contributed by atoms with Crippen LogP contribution in [0.15, 0.2) is 6.20 Å². The summed E-state index contributed by atoms with van der Waals surface area (Å²) >= 11 is 1.72. The van der Waals surface area contributed by atoms with E-state index in [1.807, 2.05) is 20.2 Å². The van der Waals surface area contributed by atoms with E-state index in [-0.39, 0.29) is 17.4 Å². The fourth-order valence-corrected chi connectivity index (χ4v) is 3.91. The van der Waals surface area contributed by atoms with Gasteiger partial charge in [0.05, 0.1) is 11.0 Å². The van der Waals surface area contributed by atoms with Gasteiger partial charge in [-0.25, -0.2) is 4.98 Å². The number of ketones is 1. The van der Waals surface area contributed by atoms with Crippen LogP contribution in [0.25, 0.3) is 0 Å². The van der Waals surface area contributed by atoms with Crippen LogP contribution in [-0.4, -0.2) is 23.9 Å². The van der Waals surface area contributed by atoms with E-state index in [4.69, 9.17) is 0 Å². The lowest BCUT2D eigenvalue weighted by Crippen LogP contribution is -2.41. The van der Waals surface area contributed by atoms with Gasteiger partial charge in [-0.3, -0.25) is 4.79 Å². The molecular formula is C15H24N2OS. The average molecular weight is 280 g/mol. The zero-order valence-corrected chi connectivity index (χ0v) is 13.1. The summed E-state index contributed by atoms with van der Waals surface area (Å²) in [6, 6.07) is 0.0285. The van der Waals surface area contributed by atoms with Gasteiger partial charge in [0.1, 0.15) is 0 Å². The number of carbonyl (C=O) groups excluding carboxylic acids is 1. The molecule has 1 aliphatic rings. The minimum Gasteiger partial charge on any atom is -0.311 e. The fourth-order valence-electron chi connectivity index (χ4n) is 3.07. The molecule has 0 aromatic carbocycles. The van der Waals surface area contributed by atoms with Gasteiger partial charge in [0, 0.05) is 17.0 Å². The lowest BCUT2D eigenvalue weighted by Gasteiger charge is -2.32. The zero-order chi connectivity index (χ0) is 14.0. The van der Waals surface area contributed by atoms with Gasteiger partial charge in [-0.2, -0.15) is 0 Å². The van der Waals surface area contributed by atoms with Crippen molar-refractivity contribution in [2.24, 2.45) is 11.3 Å². The third-order valence-corrected chi connectivity index (χ3v) is 5.30. The second-order valence-electron chi connectivity index (χ2n) is 6.23. The van der Waals surface area contributed by atoms with Crippen molar-refractivity contribution in [1.29, 1.82) is 0 Å². The van der Waals surface area contributed by atoms with E-state index in [0.717, 1.165) is 30.7 Å². The molecule has 1 aromatic heterocycles. The van der Waals surface area contributed by atoms with Crippen LogP contribution in [0.2, 0.25) is 0 Å². The largest absolute Gasteiger partial charge is 0.311 e. The van der Waals surface area contributed by atoms with Crippen LogP contribution in [0.4, 0.5) is 0 Å². The number of hydrogen-bond donors (Lipinski definition) is 1. The van der Waals surface area contributed by atoms with Crippen LogP contribution in [0, 0.1) is 18.3 Å². The summed E-state index contributed by atoms with van der Waals surface area (Å²) in [5.74, 6) is 0.489. The average Bonchev–Trinajstić information content (AvgIpc) is 2.72. The molecule has 2 rings (SSSR count). The molecule has 0 amide bonds. The number of likely N-dealkylation sites (N-methyl/N-ethyl adjacent to an activating group) is 1. The Hall–Kier alpha value is -0.740. The molecule has 2 unspecified atom stereocenters. The van der Waals surface area contributed by atoms with Gasteiger partial charge in [0.25, 0.3) is 0 Å². The predicted molar refractivity (Wildman–Crippen MR) is 79.5 cm³/mol. The van der Waals surface area contributed by atoms with E-state index in [0.29, 0.717) is 5.78 Å². The standard InChI is InChI=1S/C15H24N2OS/c1-10-17-9-11(19-10)8-12-14(18)13(16-4)6-5-7-15(12,2)3/h9,12-13,16H,5-8H2,1-4H3. The number of aryl methyl sites for hydroxylation is 1. The lowest BCUT2D eigenvalue weighted by molar-refractivity contribution is -0.127. The van der Waals surface area contributed by atoms with Crippen molar-refractivity contribution in [3.63, 3.8) is 0 Å². The molecule has 1 aliphatic carbocycles. The van der Waals surface area contributed by atoms with Crippen molar-refractivity contribution in [3.8, 4) is 0 Å². The quantitative estimate of drug-likeness (QED) is 0.866. The lowest BCUT2D eigenvalue weighted by atomic mass is 9.72. The van der Waals surface area contributed by atoms with Crippen LogP contribution < -0.4 is 5.32 Å². The Morgan fingerprint density at radius 3 is 2.84 bits per heavy atom. The van der Waals surface area contributed by atoms with Crippen molar-refractivity contribution in [2.75, 3.05) is 7.05 Å². The second-order valence-corrected chi connectivity index (χ2v) is 7.55. The highest BCUT2D eigenvalue weighted by molar-refractivity contribution is 7.11. The molecule has 106 valence electrons. The molecule has 0 radical (unpaired) electrons. The molecule has 1 aromatic rings. The maximum absolute atomic E-state index is 12.7. The van der Waals surface area contributed by atoms with Gasteiger partial charge >= 0.3 is 0 Å². The molecule has 3 nitrogen and oxygen atoms in total. The minimum absolute atomic E-state index is 0.0285. The van der Waals surface area contributed by atoms with Gasteiger partial charge in [-0.05, 0) is 38.6 Å². The summed E-state index contributed by atoms with van der Waals surface area (Å²) in [6.07, 6.45) is 6.00. The Morgan fingerprint density at radius 1 is 1.53 bits per heavy atom. The molecule has 1 N–H and O–H groups in total. The molecule has 0 bridgehead atoms. The van der Waals surface area contributed by atoms with E-state index >= 15 is 0 Å². The van der Waals surface area contributed by atoms with Crippen molar-refractivity contribution in [2.45, 2.75) is 52.5 Å². The number of Topliss-reactive ketones (excluding diaryl/α,β-unsaturated/α-hetero) is 1. The van der Waals surface area contributed by atoms with Gasteiger partial charge in [-0.1, -0.05) is 20.3 Å². The third kappa shape index (κ3) is 3.23. The van der Waals surface area contributed by atoms with Crippen LogP contribution in [0.1, 0.15) is 43.0 Å². The number of carbonyl (C=O) groups is 1. The molecule has 1 fully saturated rings. The van der Waals surface area contributed by atoms with E-state index in [2.05, 4.69) is 24.1 Å². The molecule has 1 heterocycles. The van der Waals surface area contributed by atoms with E-state index in [9.17, 15) is 4.79 Å². The highest BCUT2D eigenvalue weighted by Gasteiger charge is 2.40. The Labute approximate surface area is 119 Å². The van der Waals surface area contributed by atoms with Crippen LogP contribution in [0.3, 0.4) is 0 Å². The minimum atomic E-state index is 0.0285. The van der Waals surface area contributed by atoms with Crippen LogP contribution >= 0.6 is 11.3 Å². The number of rotatable bonds is 3. The summed E-state index contributed by atoms with van der Waals surface area (Å²) in [5, 5.41) is 4.27. The first-order valence-electron chi connectivity index (χ1n) is 7.06. The number of aromatic nitrogens is 1. The van der Waals surface area contributed by atoms with E-state index in [1.165, 1.54) is 4.88 Å². The Morgan fingerprint density at radius 2 is 2.26 bits per heavy atom. The number of thiazole rings is 1. The number of nitrogens with one attached hydrogen (secondary N) is 1. The first kappa shape index (κ1) is 14.7. The Bertz CT molecular complexity index is 453. The fraction of sp³-hybridized carbons (Fsp3) is 0.733. The van der Waals surface area contributed by atoms with Gasteiger partial charge in [0.2, 0.25) is 0 Å². The van der Waals surface area contributed by atoms with Crippen molar-refractivity contribution < 1.29 is 4.79 Å². The summed E-state index contributed by atoms with van der Waals surface area (Å²) in [5.41, 5.74) is 0.0839. The molecule has 4 heteroatoms. The number of hydrogen-bond acceptors (Lipinski definition) is 4. The molecular weight excluding hydrogens is 256 g/mol. The molecule has 0 spiro atoms. The summed E-state index contributed by atoms with van der Waals surface area (Å²) in [4.78, 5) is 18.3. The highest BCUT2D eigenvalue weighted by Crippen LogP contribution is 2.39. The maximum atomic E-state index is 12.7. The second kappa shape index (κ2) is 5.71. The van der Waals surface area contributed by atoms with Crippen molar-refractivity contribution in [1.82, 2.24) is 10.3 Å². The smallest absolute Gasteiger partial charge is 0.153 e. The maximum Gasteiger partial charge on any atom is 0.153 e. The summed E-state index contributed by atoms with van der Waals surface area (Å²) in [7, 11) is 1.90. The highest BCUT2D eigenvalue weighted by atomic mass is 32.1. The monoisotopic (exact) mass is 280 g/mol. The van der Waals surface area contributed by atoms with Crippen LogP contribution in [0.5, 0.6) is 0 Å². The van der Waals surface area contributed by atoms with Crippen molar-refractivity contribution in [3.05, 3.63) is 16.1 Å². The zero-order valence-electron chi connectivity index (χ0n) is 12.3. The Balaban J connectivity index is 2.23.